The Hall–Kier alpha value is -2.32. The Kier molecular flexibility index (Phi) is 5.87. The van der Waals surface area contributed by atoms with E-state index in [2.05, 4.69) is 5.32 Å². The third-order valence-electron chi connectivity index (χ3n) is 6.61. The minimum Gasteiger partial charge on any atom is -0.348 e. The Bertz CT molecular complexity index is 1080. The van der Waals surface area contributed by atoms with Gasteiger partial charge in [0.1, 0.15) is 17.2 Å². The molecule has 1 amide bonds. The molecule has 1 heterocycles. The molecule has 0 radical (unpaired) electrons. The van der Waals surface area contributed by atoms with E-state index in [0.29, 0.717) is 38.8 Å². The Morgan fingerprint density at radius 3 is 2.39 bits per heavy atom. The second-order valence-electron chi connectivity index (χ2n) is 8.36. The van der Waals surface area contributed by atoms with Crippen molar-refractivity contribution >= 4 is 15.9 Å². The summed E-state index contributed by atoms with van der Waals surface area (Å²) in [6, 6.07) is 10.8. The highest BCUT2D eigenvalue weighted by Gasteiger charge is 2.50. The number of fused-ring (bicyclic) bond motifs is 2. The lowest BCUT2D eigenvalue weighted by molar-refractivity contribution is 0.0888. The first-order valence-corrected chi connectivity index (χ1v) is 12.2. The van der Waals surface area contributed by atoms with Gasteiger partial charge in [-0.15, -0.1) is 0 Å². The summed E-state index contributed by atoms with van der Waals surface area (Å²) < 4.78 is 54.9. The monoisotopic (exact) mass is 448 g/mol. The van der Waals surface area contributed by atoms with Crippen LogP contribution in [0.15, 0.2) is 42.5 Å². The van der Waals surface area contributed by atoms with Crippen LogP contribution in [-0.4, -0.2) is 43.5 Å². The van der Waals surface area contributed by atoms with Crippen molar-refractivity contribution in [1.82, 2.24) is 9.62 Å². The summed E-state index contributed by atoms with van der Waals surface area (Å²) in [6.45, 7) is 2.55. The van der Waals surface area contributed by atoms with Crippen LogP contribution >= 0.6 is 0 Å². The molecule has 1 N–H and O–H groups in total. The minimum atomic E-state index is -3.30. The minimum absolute atomic E-state index is 0.114. The molecule has 1 aliphatic carbocycles. The highest BCUT2D eigenvalue weighted by molar-refractivity contribution is 7.89. The number of nitrogens with zero attached hydrogens (tertiary/aromatic N) is 1. The van der Waals surface area contributed by atoms with Crippen LogP contribution in [0, 0.1) is 11.6 Å². The van der Waals surface area contributed by atoms with E-state index < -0.39 is 38.5 Å². The fraction of sp³-hybridized carbons (Fsp3) is 0.435. The predicted octanol–water partition coefficient (Wildman–Crippen LogP) is 3.39. The number of halogens is 2. The number of carbonyl (C=O) groups is 1. The predicted molar refractivity (Wildman–Crippen MR) is 114 cm³/mol. The highest BCUT2D eigenvalue weighted by atomic mass is 32.2. The number of sulfonamides is 1. The first kappa shape index (κ1) is 21.9. The van der Waals surface area contributed by atoms with Crippen molar-refractivity contribution < 1.29 is 22.0 Å². The van der Waals surface area contributed by atoms with Gasteiger partial charge in [0.15, 0.2) is 0 Å². The third kappa shape index (κ3) is 3.87. The summed E-state index contributed by atoms with van der Waals surface area (Å²) in [7, 11) is -3.30. The van der Waals surface area contributed by atoms with Gasteiger partial charge in [0, 0.05) is 24.5 Å². The number of rotatable bonds is 5. The molecule has 1 atom stereocenters. The Morgan fingerprint density at radius 2 is 1.74 bits per heavy atom. The SMILES string of the molecule is CCCS(=O)(=O)N1CCC2(CC1)c1ccccc1CC2NC(=O)c1c(F)cccc1F. The second-order valence-corrected chi connectivity index (χ2v) is 10.4. The normalized spacial score (nSPS) is 20.5. The molecule has 0 aromatic heterocycles. The van der Waals surface area contributed by atoms with Gasteiger partial charge >= 0.3 is 0 Å². The van der Waals surface area contributed by atoms with Crippen LogP contribution in [-0.2, 0) is 21.9 Å². The molecule has 1 aliphatic heterocycles. The summed E-state index contributed by atoms with van der Waals surface area (Å²) in [5.74, 6) is -2.47. The van der Waals surface area contributed by atoms with E-state index in [1.54, 1.807) is 0 Å². The van der Waals surface area contributed by atoms with Gasteiger partial charge in [-0.05, 0) is 48.9 Å². The van der Waals surface area contributed by atoms with Crippen LogP contribution in [0.25, 0.3) is 0 Å². The molecule has 1 saturated heterocycles. The molecule has 8 heteroatoms. The molecule has 1 unspecified atom stereocenters. The maximum absolute atomic E-state index is 14.2. The van der Waals surface area contributed by atoms with Gasteiger partial charge in [-0.25, -0.2) is 21.5 Å². The molecule has 2 aromatic carbocycles. The summed E-state index contributed by atoms with van der Waals surface area (Å²) in [4.78, 5) is 12.8. The summed E-state index contributed by atoms with van der Waals surface area (Å²) in [6.07, 6.45) is 2.18. The highest BCUT2D eigenvalue weighted by Crippen LogP contribution is 2.47. The van der Waals surface area contributed by atoms with Crippen molar-refractivity contribution in [1.29, 1.82) is 0 Å². The largest absolute Gasteiger partial charge is 0.348 e. The van der Waals surface area contributed by atoms with Gasteiger partial charge < -0.3 is 5.32 Å². The molecule has 31 heavy (non-hydrogen) atoms. The summed E-state index contributed by atoms with van der Waals surface area (Å²) in [5, 5.41) is 2.88. The van der Waals surface area contributed by atoms with Crippen molar-refractivity contribution in [2.45, 2.75) is 44.1 Å². The fourth-order valence-corrected chi connectivity index (χ4v) is 6.60. The number of carbonyl (C=O) groups excluding carboxylic acids is 1. The van der Waals surface area contributed by atoms with Crippen LogP contribution in [0.3, 0.4) is 0 Å². The Labute approximate surface area is 181 Å². The Morgan fingerprint density at radius 1 is 1.10 bits per heavy atom. The molecule has 1 fully saturated rings. The van der Waals surface area contributed by atoms with E-state index in [1.165, 1.54) is 10.4 Å². The topological polar surface area (TPSA) is 66.5 Å². The van der Waals surface area contributed by atoms with Crippen molar-refractivity contribution in [2.24, 2.45) is 0 Å². The standard InChI is InChI=1S/C23H26F2N2O3S/c1-2-14-31(29,30)27-12-10-23(11-13-27)17-7-4-3-6-16(17)15-20(23)26-22(28)21-18(24)8-5-9-19(21)25/h3-9,20H,2,10-15H2,1H3,(H,26,28). The van der Waals surface area contributed by atoms with Crippen LogP contribution in [0.4, 0.5) is 8.78 Å². The van der Waals surface area contributed by atoms with Gasteiger partial charge in [0.25, 0.3) is 5.91 Å². The zero-order valence-electron chi connectivity index (χ0n) is 17.4. The van der Waals surface area contributed by atoms with Crippen LogP contribution in [0.2, 0.25) is 0 Å². The zero-order valence-corrected chi connectivity index (χ0v) is 18.2. The molecule has 166 valence electrons. The quantitative estimate of drug-likeness (QED) is 0.763. The molecule has 2 aromatic rings. The van der Waals surface area contributed by atoms with Crippen molar-refractivity contribution in [3.8, 4) is 0 Å². The lowest BCUT2D eigenvalue weighted by Crippen LogP contribution is -2.54. The van der Waals surface area contributed by atoms with Crippen LogP contribution in [0.1, 0.15) is 47.7 Å². The summed E-state index contributed by atoms with van der Waals surface area (Å²) >= 11 is 0. The smallest absolute Gasteiger partial charge is 0.257 e. The zero-order chi connectivity index (χ0) is 22.2. The van der Waals surface area contributed by atoms with E-state index in [1.807, 2.05) is 31.2 Å². The average Bonchev–Trinajstić information content (AvgIpc) is 3.01. The first-order valence-electron chi connectivity index (χ1n) is 10.6. The van der Waals surface area contributed by atoms with E-state index in [0.717, 1.165) is 23.3 Å². The third-order valence-corrected chi connectivity index (χ3v) is 8.69. The van der Waals surface area contributed by atoms with Crippen molar-refractivity contribution in [3.05, 3.63) is 70.8 Å². The molecular formula is C23H26F2N2O3S. The number of piperidine rings is 1. The molecule has 2 aliphatic rings. The van der Waals surface area contributed by atoms with Crippen LogP contribution < -0.4 is 5.32 Å². The fourth-order valence-electron chi connectivity index (χ4n) is 5.09. The molecule has 0 saturated carbocycles. The van der Waals surface area contributed by atoms with Gasteiger partial charge in [-0.2, -0.15) is 0 Å². The van der Waals surface area contributed by atoms with Gasteiger partial charge in [-0.3, -0.25) is 4.79 Å². The number of hydrogen-bond donors (Lipinski definition) is 1. The van der Waals surface area contributed by atoms with Gasteiger partial charge in [-0.1, -0.05) is 37.3 Å². The lowest BCUT2D eigenvalue weighted by atomic mass is 9.71. The number of hydrogen-bond acceptors (Lipinski definition) is 3. The number of benzene rings is 2. The second kappa shape index (κ2) is 8.31. The average molecular weight is 449 g/mol. The maximum Gasteiger partial charge on any atom is 0.257 e. The van der Waals surface area contributed by atoms with E-state index in [-0.39, 0.29) is 11.8 Å². The number of amides is 1. The molecule has 0 bridgehead atoms. The van der Waals surface area contributed by atoms with E-state index >= 15 is 0 Å². The summed E-state index contributed by atoms with van der Waals surface area (Å²) in [5.41, 5.74) is 1.11. The van der Waals surface area contributed by atoms with E-state index in [9.17, 15) is 22.0 Å². The van der Waals surface area contributed by atoms with Gasteiger partial charge in [0.2, 0.25) is 10.0 Å². The molecule has 5 nitrogen and oxygen atoms in total. The molecular weight excluding hydrogens is 422 g/mol. The van der Waals surface area contributed by atoms with E-state index in [4.69, 9.17) is 0 Å². The maximum atomic E-state index is 14.2. The van der Waals surface area contributed by atoms with Crippen molar-refractivity contribution in [3.63, 3.8) is 0 Å². The lowest BCUT2D eigenvalue weighted by Gasteiger charge is -2.43. The first-order chi connectivity index (χ1) is 14.8. The van der Waals surface area contributed by atoms with Crippen molar-refractivity contribution in [2.75, 3.05) is 18.8 Å². The molecule has 1 spiro atoms. The van der Waals surface area contributed by atoms with Gasteiger partial charge in [0.05, 0.1) is 5.75 Å². The Balaban J connectivity index is 1.62. The molecule has 4 rings (SSSR count). The number of nitrogens with one attached hydrogen (secondary N) is 1. The van der Waals surface area contributed by atoms with Crippen LogP contribution in [0.5, 0.6) is 0 Å².